The van der Waals surface area contributed by atoms with E-state index in [0.717, 1.165) is 0 Å². The summed E-state index contributed by atoms with van der Waals surface area (Å²) in [7, 11) is 0. The van der Waals surface area contributed by atoms with Crippen LogP contribution in [0.3, 0.4) is 0 Å². The second-order valence-electron chi connectivity index (χ2n) is 8.43. The SMILES string of the molecule is [CH]1[CH][CH][CH][CH]1.[CH]1[CH][CH][CH][CH]1.[Fe].c1ccc([B-](c2ccccc2)(c2ccccc2)c2ccccc2)cc1. The van der Waals surface area contributed by atoms with Gasteiger partial charge in [0.25, 0.3) is 0 Å². The van der Waals surface area contributed by atoms with Gasteiger partial charge in [-0.15, -0.1) is 0 Å². The molecule has 0 aliphatic heterocycles. The molecular formula is C34H30BFe-. The first-order chi connectivity index (χ1) is 17.4. The van der Waals surface area contributed by atoms with Crippen molar-refractivity contribution in [1.82, 2.24) is 0 Å². The van der Waals surface area contributed by atoms with Gasteiger partial charge in [-0.2, -0.15) is 21.9 Å². The van der Waals surface area contributed by atoms with E-state index >= 15 is 0 Å². The molecule has 0 spiro atoms. The summed E-state index contributed by atoms with van der Waals surface area (Å²) in [5, 5.41) is 0. The first-order valence-corrected chi connectivity index (χ1v) is 12.1. The Kier molecular flexibility index (Phi) is 12.1. The fourth-order valence-corrected chi connectivity index (χ4v) is 4.76. The molecule has 0 heterocycles. The molecule has 0 unspecified atom stereocenters. The molecule has 2 heteroatoms. The molecule has 0 N–H and O–H groups in total. The van der Waals surface area contributed by atoms with Crippen LogP contribution in [0.2, 0.25) is 0 Å². The fourth-order valence-electron chi connectivity index (χ4n) is 4.76. The molecule has 0 bridgehead atoms. The molecule has 0 atom stereocenters. The Bertz CT molecular complexity index is 884. The minimum Gasteiger partial charge on any atom is -0.195 e. The Labute approximate surface area is 230 Å². The summed E-state index contributed by atoms with van der Waals surface area (Å²) in [5.41, 5.74) is 5.36. The van der Waals surface area contributed by atoms with Gasteiger partial charge in [-0.25, -0.2) is 0 Å². The second-order valence-corrected chi connectivity index (χ2v) is 8.43. The Morgan fingerprint density at radius 3 is 0.583 bits per heavy atom. The van der Waals surface area contributed by atoms with Crippen molar-refractivity contribution < 1.29 is 17.1 Å². The van der Waals surface area contributed by atoms with Gasteiger partial charge in [-0.1, -0.05) is 121 Å². The molecule has 0 amide bonds. The van der Waals surface area contributed by atoms with Gasteiger partial charge in [0.05, 0.1) is 0 Å². The summed E-state index contributed by atoms with van der Waals surface area (Å²) in [6, 6.07) is 43.5. The van der Waals surface area contributed by atoms with Crippen LogP contribution >= 0.6 is 0 Å². The van der Waals surface area contributed by atoms with E-state index in [2.05, 4.69) is 121 Å². The first-order valence-electron chi connectivity index (χ1n) is 12.1. The molecule has 4 aromatic carbocycles. The maximum Gasteiger partial charge on any atom is 0.108 e. The van der Waals surface area contributed by atoms with Crippen LogP contribution in [0, 0.1) is 64.2 Å². The van der Waals surface area contributed by atoms with Crippen molar-refractivity contribution in [3.8, 4) is 0 Å². The quantitative estimate of drug-likeness (QED) is 0.339. The van der Waals surface area contributed by atoms with Crippen LogP contribution in [0.5, 0.6) is 0 Å². The molecule has 2 saturated carbocycles. The average molecular weight is 505 g/mol. The Morgan fingerprint density at radius 1 is 0.250 bits per heavy atom. The van der Waals surface area contributed by atoms with E-state index in [4.69, 9.17) is 0 Å². The van der Waals surface area contributed by atoms with Crippen molar-refractivity contribution in [2.75, 3.05) is 0 Å². The van der Waals surface area contributed by atoms with Crippen molar-refractivity contribution in [3.63, 3.8) is 0 Å². The van der Waals surface area contributed by atoms with Crippen molar-refractivity contribution in [2.24, 2.45) is 0 Å². The topological polar surface area (TPSA) is 0 Å². The summed E-state index contributed by atoms with van der Waals surface area (Å²) in [6.07, 6.45) is 18.8. The zero-order valence-electron chi connectivity index (χ0n) is 20.3. The van der Waals surface area contributed by atoms with Crippen LogP contribution in [-0.2, 0) is 17.1 Å². The van der Waals surface area contributed by atoms with E-state index in [0.29, 0.717) is 0 Å². The standard InChI is InChI=1S/C24H20B.2C5H5.Fe/c1-5-13-21(14-6-1)25(22-15-7-2-8-16-22,23-17-9-3-10-18-23)24-19-11-4-12-20-24;2*1-2-4-5-3-1;/h1-20H;2*1-5H;/q-1;;;. The first kappa shape index (κ1) is 28.0. The summed E-state index contributed by atoms with van der Waals surface area (Å²) in [4.78, 5) is 0. The predicted molar refractivity (Wildman–Crippen MR) is 153 cm³/mol. The summed E-state index contributed by atoms with van der Waals surface area (Å²) in [5.74, 6) is 0. The van der Waals surface area contributed by atoms with Crippen molar-refractivity contribution in [3.05, 3.63) is 186 Å². The monoisotopic (exact) mass is 505 g/mol. The van der Waals surface area contributed by atoms with Crippen LogP contribution < -0.4 is 21.9 Å². The largest absolute Gasteiger partial charge is 0.195 e. The molecule has 6 rings (SSSR count). The third kappa shape index (κ3) is 7.25. The maximum atomic E-state index is 2.26. The Balaban J connectivity index is 0.000000272. The second kappa shape index (κ2) is 15.5. The van der Waals surface area contributed by atoms with E-state index < -0.39 is 6.15 Å². The van der Waals surface area contributed by atoms with Gasteiger partial charge < -0.3 is 0 Å². The van der Waals surface area contributed by atoms with Crippen molar-refractivity contribution >= 4 is 28.0 Å². The Hall–Kier alpha value is -2.54. The normalized spacial score (nSPS) is 14.4. The van der Waals surface area contributed by atoms with E-state index in [1.807, 2.05) is 64.2 Å². The molecular weight excluding hydrogens is 475 g/mol. The summed E-state index contributed by atoms with van der Waals surface area (Å²) in [6.45, 7) is 0. The summed E-state index contributed by atoms with van der Waals surface area (Å²) < 4.78 is 0. The smallest absolute Gasteiger partial charge is 0.108 e. The minimum atomic E-state index is -1.22. The maximum absolute atomic E-state index is 2.26. The molecule has 178 valence electrons. The van der Waals surface area contributed by atoms with Crippen molar-refractivity contribution in [2.45, 2.75) is 0 Å². The average Bonchev–Trinajstić information content (AvgIpc) is 3.72. The molecule has 10 radical (unpaired) electrons. The number of benzene rings is 4. The molecule has 0 aromatic heterocycles. The van der Waals surface area contributed by atoms with Gasteiger partial charge in [0.1, 0.15) is 6.15 Å². The van der Waals surface area contributed by atoms with Crippen LogP contribution in [-0.4, -0.2) is 6.15 Å². The van der Waals surface area contributed by atoms with Gasteiger partial charge in [0.2, 0.25) is 0 Å². The third-order valence-corrected chi connectivity index (χ3v) is 6.31. The molecule has 36 heavy (non-hydrogen) atoms. The Morgan fingerprint density at radius 2 is 0.417 bits per heavy atom. The minimum absolute atomic E-state index is 0. The van der Waals surface area contributed by atoms with Crippen LogP contribution in [0.25, 0.3) is 0 Å². The number of hydrogen-bond donors (Lipinski definition) is 0. The zero-order chi connectivity index (χ0) is 24.0. The van der Waals surface area contributed by atoms with Crippen LogP contribution in [0.1, 0.15) is 0 Å². The zero-order valence-corrected chi connectivity index (χ0v) is 21.4. The van der Waals surface area contributed by atoms with Crippen molar-refractivity contribution in [1.29, 1.82) is 0 Å². The van der Waals surface area contributed by atoms with E-state index in [1.165, 1.54) is 21.9 Å². The van der Waals surface area contributed by atoms with Crippen LogP contribution in [0.4, 0.5) is 0 Å². The van der Waals surface area contributed by atoms with E-state index in [-0.39, 0.29) is 17.1 Å². The summed E-state index contributed by atoms with van der Waals surface area (Å²) >= 11 is 0. The van der Waals surface area contributed by atoms with E-state index in [1.54, 1.807) is 0 Å². The fraction of sp³-hybridized carbons (Fsp3) is 0. The van der Waals surface area contributed by atoms with Gasteiger partial charge in [0.15, 0.2) is 0 Å². The van der Waals surface area contributed by atoms with E-state index in [9.17, 15) is 0 Å². The van der Waals surface area contributed by atoms with Crippen LogP contribution in [0.15, 0.2) is 121 Å². The third-order valence-electron chi connectivity index (χ3n) is 6.31. The molecule has 2 fully saturated rings. The molecule has 2 aliphatic carbocycles. The molecule has 2 aliphatic rings. The van der Waals surface area contributed by atoms with Gasteiger partial charge >= 0.3 is 0 Å². The van der Waals surface area contributed by atoms with Gasteiger partial charge in [0, 0.05) is 17.1 Å². The molecule has 0 nitrogen and oxygen atoms in total. The number of hydrogen-bond acceptors (Lipinski definition) is 0. The molecule has 4 aromatic rings. The predicted octanol–water partition coefficient (Wildman–Crippen LogP) is 5.10. The van der Waals surface area contributed by atoms with Gasteiger partial charge in [-0.05, 0) is 64.2 Å². The number of rotatable bonds is 4. The van der Waals surface area contributed by atoms with Gasteiger partial charge in [-0.3, -0.25) is 0 Å². The molecule has 0 saturated heterocycles.